The molecule has 6 nitrogen and oxygen atoms in total. The summed E-state index contributed by atoms with van der Waals surface area (Å²) in [4.78, 5) is 18.3. The minimum absolute atomic E-state index is 0.0660. The summed E-state index contributed by atoms with van der Waals surface area (Å²) in [6.07, 6.45) is 1.56. The van der Waals surface area contributed by atoms with Crippen molar-refractivity contribution in [1.29, 1.82) is 5.26 Å². The van der Waals surface area contributed by atoms with E-state index in [1.807, 2.05) is 30.3 Å². The molecule has 33 heavy (non-hydrogen) atoms. The van der Waals surface area contributed by atoms with Crippen LogP contribution in [0.2, 0.25) is 5.02 Å². The number of hydrogen-bond donors (Lipinski definition) is 0. The second-order valence-corrected chi connectivity index (χ2v) is 7.56. The largest absolute Gasteiger partial charge is 0.425 e. The van der Waals surface area contributed by atoms with Gasteiger partial charge in [0.05, 0.1) is 11.3 Å². The lowest BCUT2D eigenvalue weighted by Gasteiger charge is -2.14. The fourth-order valence-corrected chi connectivity index (χ4v) is 3.65. The Labute approximate surface area is 192 Å². The molecular formula is C25H14ClFN4O2. The molecule has 8 heteroatoms. The van der Waals surface area contributed by atoms with Gasteiger partial charge in [-0.2, -0.15) is 10.2 Å². The summed E-state index contributed by atoms with van der Waals surface area (Å²) in [5.41, 5.74) is 1.21. The van der Waals surface area contributed by atoms with E-state index in [-0.39, 0.29) is 22.6 Å². The van der Waals surface area contributed by atoms with Gasteiger partial charge in [0.2, 0.25) is 0 Å². The van der Waals surface area contributed by atoms with Crippen molar-refractivity contribution in [3.8, 4) is 29.2 Å². The maximum Gasteiger partial charge on any atom is 0.310 e. The second-order valence-electron chi connectivity index (χ2n) is 7.12. The molecule has 2 aromatic heterocycles. The summed E-state index contributed by atoms with van der Waals surface area (Å²) >= 11 is 5.96. The Hall–Kier alpha value is -4.41. The predicted molar refractivity (Wildman–Crippen MR) is 123 cm³/mol. The maximum atomic E-state index is 13.8. The van der Waals surface area contributed by atoms with E-state index in [9.17, 15) is 14.4 Å². The average molecular weight is 457 g/mol. The molecule has 2 heterocycles. The van der Waals surface area contributed by atoms with Crippen molar-refractivity contribution in [1.82, 2.24) is 14.1 Å². The highest BCUT2D eigenvalue weighted by atomic mass is 35.5. The Morgan fingerprint density at radius 2 is 1.64 bits per heavy atom. The summed E-state index contributed by atoms with van der Waals surface area (Å²) in [5.74, 6) is -0.0528. The molecule has 0 aliphatic rings. The van der Waals surface area contributed by atoms with Gasteiger partial charge in [-0.05, 0) is 60.7 Å². The van der Waals surface area contributed by atoms with Crippen molar-refractivity contribution in [2.75, 3.05) is 0 Å². The highest BCUT2D eigenvalue weighted by Crippen LogP contribution is 2.28. The minimum atomic E-state index is -0.471. The molecular weight excluding hydrogens is 443 g/mol. The van der Waals surface area contributed by atoms with Crippen LogP contribution in [-0.2, 0) is 0 Å². The molecule has 0 N–H and O–H groups in total. The lowest BCUT2D eigenvalue weighted by molar-refractivity contribution is 0.427. The SMILES string of the molecule is N#Cc1cn(-c2ccccc2)c2c(=O)n(-c3ccc(F)cc3)c(Oc3ccc(Cl)cc3)nc12. The monoisotopic (exact) mass is 456 g/mol. The van der Waals surface area contributed by atoms with E-state index in [0.29, 0.717) is 22.1 Å². The lowest BCUT2D eigenvalue weighted by Crippen LogP contribution is -2.23. The molecule has 0 unspecified atom stereocenters. The molecule has 0 spiro atoms. The molecule has 0 fully saturated rings. The number of benzene rings is 3. The summed E-state index contributed by atoms with van der Waals surface area (Å²) < 4.78 is 22.4. The zero-order valence-electron chi connectivity index (χ0n) is 16.9. The molecule has 0 amide bonds. The van der Waals surface area contributed by atoms with Crippen molar-refractivity contribution < 1.29 is 9.13 Å². The van der Waals surface area contributed by atoms with Crippen LogP contribution in [0.1, 0.15) is 5.56 Å². The standard InChI is InChI=1S/C25H14ClFN4O2/c26-17-6-12-21(13-7-17)33-25-29-22-16(14-28)15-30(19-4-2-1-3-5-19)23(22)24(32)31(25)20-10-8-18(27)9-11-20/h1-13,15H. The maximum absolute atomic E-state index is 13.8. The number of aromatic nitrogens is 3. The van der Waals surface area contributed by atoms with Crippen LogP contribution in [0.25, 0.3) is 22.4 Å². The lowest BCUT2D eigenvalue weighted by atomic mass is 10.3. The van der Waals surface area contributed by atoms with Gasteiger partial charge in [-0.3, -0.25) is 4.79 Å². The normalized spacial score (nSPS) is 10.8. The van der Waals surface area contributed by atoms with Crippen LogP contribution in [0.5, 0.6) is 11.8 Å². The molecule has 0 atom stereocenters. The van der Waals surface area contributed by atoms with Crippen LogP contribution in [-0.4, -0.2) is 14.1 Å². The van der Waals surface area contributed by atoms with Crippen LogP contribution in [0.4, 0.5) is 4.39 Å². The number of halogens is 2. The fraction of sp³-hybridized carbons (Fsp3) is 0. The molecule has 0 aliphatic heterocycles. The predicted octanol–water partition coefficient (Wildman–Crippen LogP) is 5.63. The third-order valence-electron chi connectivity index (χ3n) is 5.05. The third kappa shape index (κ3) is 3.73. The smallest absolute Gasteiger partial charge is 0.310 e. The van der Waals surface area contributed by atoms with Crippen LogP contribution >= 0.6 is 11.6 Å². The highest BCUT2D eigenvalue weighted by molar-refractivity contribution is 6.30. The van der Waals surface area contributed by atoms with Crippen molar-refractivity contribution in [3.05, 3.63) is 112 Å². The highest BCUT2D eigenvalue weighted by Gasteiger charge is 2.22. The number of nitriles is 1. The number of fused-ring (bicyclic) bond motifs is 1. The van der Waals surface area contributed by atoms with Crippen LogP contribution in [0.15, 0.2) is 89.9 Å². The molecule has 160 valence electrons. The molecule has 0 saturated carbocycles. The topological polar surface area (TPSA) is 72.8 Å². The first-order valence-corrected chi connectivity index (χ1v) is 10.3. The molecule has 3 aromatic carbocycles. The Kier molecular flexibility index (Phi) is 5.13. The number of para-hydroxylation sites is 1. The number of nitrogens with zero attached hydrogens (tertiary/aromatic N) is 4. The van der Waals surface area contributed by atoms with Gasteiger partial charge in [0, 0.05) is 16.9 Å². The fourth-order valence-electron chi connectivity index (χ4n) is 3.52. The van der Waals surface area contributed by atoms with E-state index in [1.165, 1.54) is 28.8 Å². The van der Waals surface area contributed by atoms with E-state index < -0.39 is 11.4 Å². The van der Waals surface area contributed by atoms with Crippen LogP contribution in [0, 0.1) is 17.1 Å². The zero-order valence-corrected chi connectivity index (χ0v) is 17.7. The molecule has 5 rings (SSSR count). The van der Waals surface area contributed by atoms with Gasteiger partial charge in [-0.1, -0.05) is 29.8 Å². The zero-order chi connectivity index (χ0) is 22.9. The minimum Gasteiger partial charge on any atom is -0.425 e. The summed E-state index contributed by atoms with van der Waals surface area (Å²) in [5, 5.41) is 10.2. The van der Waals surface area contributed by atoms with E-state index in [2.05, 4.69) is 11.1 Å². The molecule has 5 aromatic rings. The van der Waals surface area contributed by atoms with E-state index in [4.69, 9.17) is 16.3 Å². The first kappa shape index (κ1) is 20.5. The number of rotatable bonds is 4. The average Bonchev–Trinajstić information content (AvgIpc) is 3.21. The van der Waals surface area contributed by atoms with Crippen molar-refractivity contribution in [2.45, 2.75) is 0 Å². The Morgan fingerprint density at radius 3 is 2.30 bits per heavy atom. The number of hydrogen-bond acceptors (Lipinski definition) is 4. The van der Waals surface area contributed by atoms with Crippen molar-refractivity contribution in [3.63, 3.8) is 0 Å². The molecule has 0 saturated heterocycles. The Bertz CT molecular complexity index is 1570. The van der Waals surface area contributed by atoms with Crippen molar-refractivity contribution in [2.24, 2.45) is 0 Å². The Morgan fingerprint density at radius 1 is 0.939 bits per heavy atom. The van der Waals surface area contributed by atoms with Crippen LogP contribution < -0.4 is 10.3 Å². The van der Waals surface area contributed by atoms with Gasteiger partial charge in [-0.25, -0.2) is 8.96 Å². The Balaban J connectivity index is 1.82. The number of ether oxygens (including phenoxy) is 1. The second kappa shape index (κ2) is 8.26. The third-order valence-corrected chi connectivity index (χ3v) is 5.30. The first-order chi connectivity index (χ1) is 16.0. The van der Waals surface area contributed by atoms with Crippen LogP contribution in [0.3, 0.4) is 0 Å². The molecule has 0 radical (unpaired) electrons. The molecule has 0 aliphatic carbocycles. The van der Waals surface area contributed by atoms with Gasteiger partial charge < -0.3 is 9.30 Å². The molecule has 0 bridgehead atoms. The van der Waals surface area contributed by atoms with Gasteiger partial charge in [0.1, 0.15) is 28.7 Å². The van der Waals surface area contributed by atoms with Gasteiger partial charge in [0.25, 0.3) is 5.56 Å². The first-order valence-electron chi connectivity index (χ1n) is 9.88. The summed E-state index contributed by atoms with van der Waals surface area (Å²) in [6.45, 7) is 0. The van der Waals surface area contributed by atoms with E-state index >= 15 is 0 Å². The van der Waals surface area contributed by atoms with E-state index in [1.54, 1.807) is 35.0 Å². The summed E-state index contributed by atoms with van der Waals surface area (Å²) in [6, 6.07) is 23.1. The van der Waals surface area contributed by atoms with Gasteiger partial charge >= 0.3 is 6.01 Å². The summed E-state index contributed by atoms with van der Waals surface area (Å²) in [7, 11) is 0. The van der Waals surface area contributed by atoms with Crippen molar-refractivity contribution >= 4 is 22.6 Å². The van der Waals surface area contributed by atoms with Gasteiger partial charge in [0.15, 0.2) is 0 Å². The van der Waals surface area contributed by atoms with Gasteiger partial charge in [-0.15, -0.1) is 0 Å². The van der Waals surface area contributed by atoms with E-state index in [0.717, 1.165) is 0 Å². The quantitative estimate of drug-likeness (QED) is 0.351.